The fourth-order valence-electron chi connectivity index (χ4n) is 3.12. The molecule has 1 fully saturated rings. The average molecular weight is 362 g/mol. The van der Waals surface area contributed by atoms with E-state index in [0.717, 1.165) is 29.9 Å². The molecule has 6 heteroatoms. The van der Waals surface area contributed by atoms with E-state index < -0.39 is 0 Å². The Balaban J connectivity index is 1.69. The Labute approximate surface area is 152 Å². The molecule has 3 rings (SSSR count). The van der Waals surface area contributed by atoms with E-state index in [0.29, 0.717) is 11.6 Å². The summed E-state index contributed by atoms with van der Waals surface area (Å²) < 4.78 is 13.5. The first kappa shape index (κ1) is 17.9. The smallest absolute Gasteiger partial charge is 0.238 e. The number of nitrogens with one attached hydrogen (secondary N) is 2. The van der Waals surface area contributed by atoms with Crippen molar-refractivity contribution in [3.05, 3.63) is 64.4 Å². The summed E-state index contributed by atoms with van der Waals surface area (Å²) in [5.41, 5.74) is 2.55. The van der Waals surface area contributed by atoms with Crippen LogP contribution >= 0.6 is 11.6 Å². The fourth-order valence-corrected chi connectivity index (χ4v) is 3.35. The zero-order valence-electron chi connectivity index (χ0n) is 14.1. The lowest BCUT2D eigenvalue weighted by atomic mass is 10.0. The van der Waals surface area contributed by atoms with Crippen molar-refractivity contribution < 1.29 is 9.18 Å². The standard InChI is InChI=1S/C19H21ClFN3O/c1-13-9-15(20)5-6-17(13)23-19(25)12-24-8-7-22-11-18(24)14-3-2-4-16(21)10-14/h2-6,9-10,18,22H,7-8,11-12H2,1H3,(H,23,25). The summed E-state index contributed by atoms with van der Waals surface area (Å²) in [5, 5.41) is 6.89. The molecule has 0 saturated carbocycles. The van der Waals surface area contributed by atoms with Crippen LogP contribution in [0.2, 0.25) is 5.02 Å². The van der Waals surface area contributed by atoms with Crippen molar-refractivity contribution in [2.75, 3.05) is 31.5 Å². The number of carbonyl (C=O) groups is 1. The molecule has 1 saturated heterocycles. The summed E-state index contributed by atoms with van der Waals surface area (Å²) in [6, 6.07) is 11.9. The van der Waals surface area contributed by atoms with Crippen LogP contribution in [0.1, 0.15) is 17.2 Å². The number of carbonyl (C=O) groups excluding carboxylic acids is 1. The van der Waals surface area contributed by atoms with Crippen molar-refractivity contribution in [3.8, 4) is 0 Å². The molecule has 132 valence electrons. The molecule has 0 bridgehead atoms. The van der Waals surface area contributed by atoms with E-state index in [9.17, 15) is 9.18 Å². The molecular formula is C19H21ClFN3O. The Morgan fingerprint density at radius 3 is 2.96 bits per heavy atom. The number of aryl methyl sites for hydroxylation is 1. The van der Waals surface area contributed by atoms with E-state index in [1.807, 2.05) is 19.1 Å². The number of hydrogen-bond donors (Lipinski definition) is 2. The topological polar surface area (TPSA) is 44.4 Å². The van der Waals surface area contributed by atoms with Crippen molar-refractivity contribution in [3.63, 3.8) is 0 Å². The van der Waals surface area contributed by atoms with Gasteiger partial charge < -0.3 is 10.6 Å². The Kier molecular flexibility index (Phi) is 5.68. The molecule has 1 unspecified atom stereocenters. The molecule has 1 amide bonds. The maximum absolute atomic E-state index is 13.5. The lowest BCUT2D eigenvalue weighted by Gasteiger charge is -2.36. The highest BCUT2D eigenvalue weighted by Crippen LogP contribution is 2.23. The van der Waals surface area contributed by atoms with Gasteiger partial charge in [-0.3, -0.25) is 9.69 Å². The van der Waals surface area contributed by atoms with E-state index in [-0.39, 0.29) is 24.3 Å². The van der Waals surface area contributed by atoms with Gasteiger partial charge in [0.15, 0.2) is 0 Å². The second-order valence-corrected chi connectivity index (χ2v) is 6.69. The lowest BCUT2D eigenvalue weighted by molar-refractivity contribution is -0.118. The molecule has 1 aliphatic heterocycles. The molecule has 2 aromatic rings. The van der Waals surface area contributed by atoms with Gasteiger partial charge in [-0.2, -0.15) is 0 Å². The molecule has 4 nitrogen and oxygen atoms in total. The van der Waals surface area contributed by atoms with E-state index in [2.05, 4.69) is 15.5 Å². The van der Waals surface area contributed by atoms with Crippen molar-refractivity contribution in [2.45, 2.75) is 13.0 Å². The van der Waals surface area contributed by atoms with Crippen LogP contribution in [-0.4, -0.2) is 37.0 Å². The van der Waals surface area contributed by atoms with Crippen LogP contribution in [0.3, 0.4) is 0 Å². The molecule has 2 N–H and O–H groups in total. The maximum Gasteiger partial charge on any atom is 0.238 e. The second-order valence-electron chi connectivity index (χ2n) is 6.25. The van der Waals surface area contributed by atoms with Crippen LogP contribution in [0.25, 0.3) is 0 Å². The van der Waals surface area contributed by atoms with Gasteiger partial charge in [0, 0.05) is 36.4 Å². The van der Waals surface area contributed by atoms with Gasteiger partial charge in [-0.25, -0.2) is 4.39 Å². The summed E-state index contributed by atoms with van der Waals surface area (Å²) in [4.78, 5) is 14.6. The largest absolute Gasteiger partial charge is 0.325 e. The molecule has 0 radical (unpaired) electrons. The number of rotatable bonds is 4. The quantitative estimate of drug-likeness (QED) is 0.877. The lowest BCUT2D eigenvalue weighted by Crippen LogP contribution is -2.48. The minimum absolute atomic E-state index is 0.0264. The highest BCUT2D eigenvalue weighted by Gasteiger charge is 2.25. The van der Waals surface area contributed by atoms with E-state index >= 15 is 0 Å². The Morgan fingerprint density at radius 2 is 2.20 bits per heavy atom. The average Bonchev–Trinajstić information content (AvgIpc) is 2.58. The number of benzene rings is 2. The first-order chi connectivity index (χ1) is 12.0. The Morgan fingerprint density at radius 1 is 1.36 bits per heavy atom. The monoisotopic (exact) mass is 361 g/mol. The van der Waals surface area contributed by atoms with Gasteiger partial charge in [0.2, 0.25) is 5.91 Å². The molecule has 1 heterocycles. The molecule has 0 aliphatic carbocycles. The van der Waals surface area contributed by atoms with Crippen molar-refractivity contribution in [1.82, 2.24) is 10.2 Å². The van der Waals surface area contributed by atoms with Gasteiger partial charge in [0.05, 0.1) is 6.54 Å². The van der Waals surface area contributed by atoms with E-state index in [1.54, 1.807) is 18.2 Å². The number of piperazine rings is 1. The molecule has 1 aliphatic rings. The maximum atomic E-state index is 13.5. The van der Waals surface area contributed by atoms with E-state index in [4.69, 9.17) is 11.6 Å². The molecule has 0 aromatic heterocycles. The summed E-state index contributed by atoms with van der Waals surface area (Å²) >= 11 is 5.95. The zero-order valence-corrected chi connectivity index (χ0v) is 14.8. The molecule has 2 aromatic carbocycles. The van der Waals surface area contributed by atoms with Crippen LogP contribution in [0.15, 0.2) is 42.5 Å². The number of halogens is 2. The fraction of sp³-hybridized carbons (Fsp3) is 0.316. The minimum atomic E-state index is -0.260. The van der Waals surface area contributed by atoms with Gasteiger partial charge in [-0.15, -0.1) is 0 Å². The number of anilines is 1. The van der Waals surface area contributed by atoms with Gasteiger partial charge in [-0.05, 0) is 48.4 Å². The summed E-state index contributed by atoms with van der Waals surface area (Å²) in [7, 11) is 0. The minimum Gasteiger partial charge on any atom is -0.325 e. The van der Waals surface area contributed by atoms with Crippen LogP contribution in [0.5, 0.6) is 0 Å². The van der Waals surface area contributed by atoms with Gasteiger partial charge in [0.25, 0.3) is 0 Å². The normalized spacial score (nSPS) is 18.1. The molecule has 0 spiro atoms. The van der Waals surface area contributed by atoms with Gasteiger partial charge in [0.1, 0.15) is 5.82 Å². The predicted octanol–water partition coefficient (Wildman–Crippen LogP) is 3.37. The van der Waals surface area contributed by atoms with Crippen molar-refractivity contribution >= 4 is 23.2 Å². The van der Waals surface area contributed by atoms with Gasteiger partial charge in [-0.1, -0.05) is 23.7 Å². The third kappa shape index (κ3) is 4.57. The van der Waals surface area contributed by atoms with Crippen molar-refractivity contribution in [2.24, 2.45) is 0 Å². The highest BCUT2D eigenvalue weighted by molar-refractivity contribution is 6.30. The number of hydrogen-bond acceptors (Lipinski definition) is 3. The summed E-state index contributed by atoms with van der Waals surface area (Å²) in [6.45, 7) is 4.39. The molecule has 1 atom stereocenters. The summed E-state index contributed by atoms with van der Waals surface area (Å²) in [6.07, 6.45) is 0. The van der Waals surface area contributed by atoms with Crippen LogP contribution in [-0.2, 0) is 4.79 Å². The predicted molar refractivity (Wildman–Crippen MR) is 98.4 cm³/mol. The van der Waals surface area contributed by atoms with Crippen LogP contribution in [0, 0.1) is 12.7 Å². The van der Waals surface area contributed by atoms with Crippen LogP contribution in [0.4, 0.5) is 10.1 Å². The first-order valence-corrected chi connectivity index (χ1v) is 8.67. The Hall–Kier alpha value is -1.95. The molecule has 25 heavy (non-hydrogen) atoms. The zero-order chi connectivity index (χ0) is 17.8. The van der Waals surface area contributed by atoms with E-state index in [1.165, 1.54) is 12.1 Å². The number of amides is 1. The third-order valence-corrected chi connectivity index (χ3v) is 4.63. The Bertz CT molecular complexity index is 768. The third-order valence-electron chi connectivity index (χ3n) is 4.40. The first-order valence-electron chi connectivity index (χ1n) is 8.29. The van der Waals surface area contributed by atoms with Crippen LogP contribution < -0.4 is 10.6 Å². The van der Waals surface area contributed by atoms with Gasteiger partial charge >= 0.3 is 0 Å². The number of nitrogens with zero attached hydrogens (tertiary/aromatic N) is 1. The SMILES string of the molecule is Cc1cc(Cl)ccc1NC(=O)CN1CCNCC1c1cccc(F)c1. The van der Waals surface area contributed by atoms with Crippen molar-refractivity contribution in [1.29, 1.82) is 0 Å². The highest BCUT2D eigenvalue weighted by atomic mass is 35.5. The summed E-state index contributed by atoms with van der Waals surface area (Å²) in [5.74, 6) is -0.349. The second kappa shape index (κ2) is 7.95. The molecular weight excluding hydrogens is 341 g/mol.